The average molecular weight is 260 g/mol. The Labute approximate surface area is 111 Å². The number of benzene rings is 2. The third-order valence-electron chi connectivity index (χ3n) is 2.21. The highest BCUT2D eigenvalue weighted by Crippen LogP contribution is 2.18. The van der Waals surface area contributed by atoms with E-state index in [2.05, 4.69) is 0 Å². The number of hydrogen-bond donors (Lipinski definition) is 0. The Kier molecular flexibility index (Phi) is 4.15. The number of para-hydroxylation sites is 1. The van der Waals surface area contributed by atoms with Crippen molar-refractivity contribution in [2.45, 2.75) is 0 Å². The van der Waals surface area contributed by atoms with Crippen molar-refractivity contribution >= 4 is 17.5 Å². The second-order valence-electron chi connectivity index (χ2n) is 3.44. The van der Waals surface area contributed by atoms with Crippen LogP contribution in [0, 0.1) is 0 Å². The lowest BCUT2D eigenvalue weighted by Crippen LogP contribution is -2.13. The van der Waals surface area contributed by atoms with Gasteiger partial charge in [-0.05, 0) is 36.4 Å². The molecular formula is C14H12O3S. The third kappa shape index (κ3) is 3.46. The van der Waals surface area contributed by atoms with Crippen molar-refractivity contribution < 1.29 is 14.2 Å². The Balaban J connectivity index is 1.94. The van der Waals surface area contributed by atoms with Crippen molar-refractivity contribution in [3.63, 3.8) is 0 Å². The van der Waals surface area contributed by atoms with Gasteiger partial charge < -0.3 is 14.2 Å². The van der Waals surface area contributed by atoms with Gasteiger partial charge in [0.1, 0.15) is 17.2 Å². The summed E-state index contributed by atoms with van der Waals surface area (Å²) in [4.78, 5) is 0. The summed E-state index contributed by atoms with van der Waals surface area (Å²) in [6.07, 6.45) is 0. The maximum absolute atomic E-state index is 5.37. The summed E-state index contributed by atoms with van der Waals surface area (Å²) in [5.74, 6) is 2.02. The molecule has 92 valence electrons. The zero-order valence-electron chi connectivity index (χ0n) is 9.83. The Morgan fingerprint density at radius 3 is 1.83 bits per heavy atom. The molecule has 0 amide bonds. The Morgan fingerprint density at radius 1 is 0.778 bits per heavy atom. The third-order valence-corrected chi connectivity index (χ3v) is 2.37. The molecule has 0 aromatic heterocycles. The molecule has 0 saturated heterocycles. The standard InChI is InChI=1S/C14H12O3S/c1-15-11-7-9-13(10-8-11)17-14(18)16-12-5-3-2-4-6-12/h2-10H,1H3. The van der Waals surface area contributed by atoms with Crippen LogP contribution >= 0.6 is 12.2 Å². The maximum Gasteiger partial charge on any atom is 0.363 e. The van der Waals surface area contributed by atoms with E-state index >= 15 is 0 Å². The topological polar surface area (TPSA) is 27.7 Å². The highest BCUT2D eigenvalue weighted by Gasteiger charge is 2.03. The molecular weight excluding hydrogens is 248 g/mol. The molecule has 0 aliphatic heterocycles. The summed E-state index contributed by atoms with van der Waals surface area (Å²) in [7, 11) is 1.61. The maximum atomic E-state index is 5.37. The van der Waals surface area contributed by atoms with E-state index in [9.17, 15) is 0 Å². The van der Waals surface area contributed by atoms with E-state index in [0.717, 1.165) is 5.75 Å². The van der Waals surface area contributed by atoms with E-state index in [4.69, 9.17) is 26.4 Å². The SMILES string of the molecule is COc1ccc(OC(=S)Oc2ccccc2)cc1. The van der Waals surface area contributed by atoms with Crippen LogP contribution in [0.1, 0.15) is 0 Å². The first-order valence-electron chi connectivity index (χ1n) is 5.37. The van der Waals surface area contributed by atoms with Gasteiger partial charge in [-0.25, -0.2) is 0 Å². The number of thiocarbonyl (C=S) groups is 1. The van der Waals surface area contributed by atoms with Crippen LogP contribution in [0.5, 0.6) is 17.2 Å². The molecule has 2 aromatic rings. The quantitative estimate of drug-likeness (QED) is 0.790. The number of methoxy groups -OCH3 is 1. The lowest BCUT2D eigenvalue weighted by Gasteiger charge is -2.08. The van der Waals surface area contributed by atoms with Crippen molar-refractivity contribution in [1.29, 1.82) is 0 Å². The minimum atomic E-state index is 0.0615. The molecule has 2 rings (SSSR count). The van der Waals surface area contributed by atoms with E-state index < -0.39 is 0 Å². The fourth-order valence-corrected chi connectivity index (χ4v) is 1.54. The van der Waals surface area contributed by atoms with Gasteiger partial charge in [0.25, 0.3) is 0 Å². The minimum absolute atomic E-state index is 0.0615. The summed E-state index contributed by atoms with van der Waals surface area (Å²) >= 11 is 5.00. The van der Waals surface area contributed by atoms with Crippen molar-refractivity contribution in [3.05, 3.63) is 54.6 Å². The van der Waals surface area contributed by atoms with Crippen LogP contribution in [0.25, 0.3) is 0 Å². The second-order valence-corrected chi connectivity index (χ2v) is 3.78. The molecule has 0 bridgehead atoms. The van der Waals surface area contributed by atoms with E-state index in [-0.39, 0.29) is 5.24 Å². The van der Waals surface area contributed by atoms with Gasteiger partial charge in [-0.1, -0.05) is 18.2 Å². The van der Waals surface area contributed by atoms with Crippen molar-refractivity contribution in [1.82, 2.24) is 0 Å². The Bertz CT molecular complexity index is 508. The average Bonchev–Trinajstić information content (AvgIpc) is 2.40. The zero-order valence-corrected chi connectivity index (χ0v) is 10.6. The van der Waals surface area contributed by atoms with Crippen LogP contribution < -0.4 is 14.2 Å². The molecule has 0 spiro atoms. The molecule has 18 heavy (non-hydrogen) atoms. The van der Waals surface area contributed by atoms with Crippen LogP contribution in [0.3, 0.4) is 0 Å². The highest BCUT2D eigenvalue weighted by molar-refractivity contribution is 7.79. The summed E-state index contributed by atoms with van der Waals surface area (Å²) in [6.45, 7) is 0. The molecule has 0 fully saturated rings. The van der Waals surface area contributed by atoms with Crippen LogP contribution in [0.15, 0.2) is 54.6 Å². The van der Waals surface area contributed by atoms with Gasteiger partial charge in [-0.3, -0.25) is 0 Å². The van der Waals surface area contributed by atoms with E-state index in [1.807, 2.05) is 30.3 Å². The van der Waals surface area contributed by atoms with E-state index in [1.165, 1.54) is 0 Å². The first-order chi connectivity index (χ1) is 8.78. The van der Waals surface area contributed by atoms with Crippen LogP contribution in [0.4, 0.5) is 0 Å². The number of hydrogen-bond acceptors (Lipinski definition) is 4. The molecule has 0 N–H and O–H groups in total. The summed E-state index contributed by atoms with van der Waals surface area (Å²) in [5.41, 5.74) is 0. The lowest BCUT2D eigenvalue weighted by molar-refractivity contribution is 0.399. The molecule has 0 radical (unpaired) electrons. The summed E-state index contributed by atoms with van der Waals surface area (Å²) in [5, 5.41) is 0.0615. The molecule has 4 heteroatoms. The predicted molar refractivity (Wildman–Crippen MR) is 73.3 cm³/mol. The van der Waals surface area contributed by atoms with E-state index in [1.54, 1.807) is 31.4 Å². The van der Waals surface area contributed by atoms with Gasteiger partial charge in [-0.15, -0.1) is 0 Å². The van der Waals surface area contributed by atoms with Gasteiger partial charge >= 0.3 is 5.24 Å². The van der Waals surface area contributed by atoms with Crippen molar-refractivity contribution in [3.8, 4) is 17.2 Å². The normalized spacial score (nSPS) is 9.61. The van der Waals surface area contributed by atoms with Gasteiger partial charge in [0.15, 0.2) is 0 Å². The smallest absolute Gasteiger partial charge is 0.363 e. The monoisotopic (exact) mass is 260 g/mol. The molecule has 0 saturated carbocycles. The molecule has 0 aliphatic rings. The summed E-state index contributed by atoms with van der Waals surface area (Å²) < 4.78 is 15.8. The first-order valence-corrected chi connectivity index (χ1v) is 5.77. The zero-order chi connectivity index (χ0) is 12.8. The van der Waals surface area contributed by atoms with Gasteiger partial charge in [-0.2, -0.15) is 0 Å². The summed E-state index contributed by atoms with van der Waals surface area (Å²) in [6, 6.07) is 16.4. The van der Waals surface area contributed by atoms with Crippen LogP contribution in [-0.2, 0) is 0 Å². The van der Waals surface area contributed by atoms with Crippen LogP contribution in [0.2, 0.25) is 0 Å². The largest absolute Gasteiger partial charge is 0.497 e. The fourth-order valence-electron chi connectivity index (χ4n) is 1.35. The fraction of sp³-hybridized carbons (Fsp3) is 0.0714. The molecule has 3 nitrogen and oxygen atoms in total. The molecule has 0 aliphatic carbocycles. The molecule has 2 aromatic carbocycles. The van der Waals surface area contributed by atoms with Crippen LogP contribution in [-0.4, -0.2) is 12.3 Å². The first kappa shape index (κ1) is 12.4. The van der Waals surface area contributed by atoms with Gasteiger partial charge in [0.2, 0.25) is 0 Å². The molecule has 0 heterocycles. The number of ether oxygens (including phenoxy) is 3. The minimum Gasteiger partial charge on any atom is -0.497 e. The molecule has 0 unspecified atom stereocenters. The highest BCUT2D eigenvalue weighted by atomic mass is 32.1. The van der Waals surface area contributed by atoms with E-state index in [0.29, 0.717) is 11.5 Å². The second kappa shape index (κ2) is 6.02. The Morgan fingerprint density at radius 2 is 1.28 bits per heavy atom. The lowest BCUT2D eigenvalue weighted by atomic mass is 10.3. The Hall–Kier alpha value is -2.07. The van der Waals surface area contributed by atoms with Gasteiger partial charge in [0.05, 0.1) is 7.11 Å². The molecule has 0 atom stereocenters. The number of rotatable bonds is 3. The predicted octanol–water partition coefficient (Wildman–Crippen LogP) is 3.44. The van der Waals surface area contributed by atoms with Gasteiger partial charge in [0, 0.05) is 12.2 Å². The van der Waals surface area contributed by atoms with Crippen molar-refractivity contribution in [2.75, 3.05) is 7.11 Å². The van der Waals surface area contributed by atoms with Crippen molar-refractivity contribution in [2.24, 2.45) is 0 Å².